The summed E-state index contributed by atoms with van der Waals surface area (Å²) in [5.74, 6) is 0. The topological polar surface area (TPSA) is 56.8 Å². The molecule has 1 aliphatic heterocycles. The molecule has 1 N–H and O–H groups in total. The molecule has 1 aromatic carbocycles. The summed E-state index contributed by atoms with van der Waals surface area (Å²) >= 11 is 0. The van der Waals surface area contributed by atoms with Gasteiger partial charge in [0.05, 0.1) is 11.2 Å². The Morgan fingerprint density at radius 3 is 2.13 bits per heavy atom. The number of carbonyl (C=O) groups excluding carboxylic acids is 1. The number of amides is 1. The zero-order valence-corrected chi connectivity index (χ0v) is 14.8. The van der Waals surface area contributed by atoms with E-state index in [9.17, 15) is 4.79 Å². The number of nitrogens with one attached hydrogen (secondary N) is 1. The maximum absolute atomic E-state index is 11.5. The maximum Gasteiger partial charge on any atom is 0.494 e. The lowest BCUT2D eigenvalue weighted by Crippen LogP contribution is -2.41. The number of hydrogen-bond donors (Lipinski definition) is 1. The molecule has 1 heterocycles. The van der Waals surface area contributed by atoms with Gasteiger partial charge in [0, 0.05) is 6.04 Å². The van der Waals surface area contributed by atoms with E-state index in [2.05, 4.69) is 5.32 Å². The number of hydrogen-bond acceptors (Lipinski definition) is 4. The molecule has 2 rings (SSSR count). The summed E-state index contributed by atoms with van der Waals surface area (Å²) in [6.07, 6.45) is -0.407. The van der Waals surface area contributed by atoms with Crippen LogP contribution in [0.1, 0.15) is 47.1 Å². The molecule has 0 saturated carbocycles. The van der Waals surface area contributed by atoms with Crippen LogP contribution in [0.4, 0.5) is 4.79 Å². The first-order valence-electron chi connectivity index (χ1n) is 7.98. The lowest BCUT2D eigenvalue weighted by atomic mass is 9.79. The molecule has 0 atom stereocenters. The Morgan fingerprint density at radius 1 is 1.13 bits per heavy atom. The van der Waals surface area contributed by atoms with E-state index in [1.807, 2.05) is 65.8 Å². The van der Waals surface area contributed by atoms with Gasteiger partial charge in [0.25, 0.3) is 0 Å². The molecule has 1 fully saturated rings. The van der Waals surface area contributed by atoms with Crippen LogP contribution in [0, 0.1) is 0 Å². The van der Waals surface area contributed by atoms with Crippen molar-refractivity contribution in [3.05, 3.63) is 29.8 Å². The number of alkyl carbamates (subject to hydrolysis) is 1. The van der Waals surface area contributed by atoms with Crippen molar-refractivity contribution in [2.24, 2.45) is 0 Å². The summed E-state index contributed by atoms with van der Waals surface area (Å²) in [7, 11) is -0.376. The molecule has 0 radical (unpaired) electrons. The van der Waals surface area contributed by atoms with Gasteiger partial charge in [-0.1, -0.05) is 24.3 Å². The van der Waals surface area contributed by atoms with Crippen LogP contribution in [0.3, 0.4) is 0 Å². The smallest absolute Gasteiger partial charge is 0.445 e. The Hall–Kier alpha value is -1.53. The Morgan fingerprint density at radius 2 is 1.65 bits per heavy atom. The van der Waals surface area contributed by atoms with Crippen molar-refractivity contribution in [2.75, 3.05) is 0 Å². The number of rotatable bonds is 4. The van der Waals surface area contributed by atoms with Crippen molar-refractivity contribution >= 4 is 18.7 Å². The second-order valence-electron chi connectivity index (χ2n) is 7.21. The Labute approximate surface area is 138 Å². The summed E-state index contributed by atoms with van der Waals surface area (Å²) in [5, 5.41) is 2.69. The fourth-order valence-corrected chi connectivity index (χ4v) is 2.18. The number of carbonyl (C=O) groups is 1. The van der Waals surface area contributed by atoms with E-state index in [1.165, 1.54) is 0 Å². The Kier molecular flexibility index (Phi) is 5.06. The Balaban J connectivity index is 1.94. The molecule has 0 aliphatic carbocycles. The van der Waals surface area contributed by atoms with Crippen molar-refractivity contribution in [2.45, 2.75) is 65.4 Å². The van der Waals surface area contributed by atoms with E-state index in [1.54, 1.807) is 0 Å². The zero-order chi connectivity index (χ0) is 17.3. The highest BCUT2D eigenvalue weighted by atomic mass is 16.7. The molecule has 1 aromatic rings. The van der Waals surface area contributed by atoms with E-state index < -0.39 is 6.09 Å². The number of ether oxygens (including phenoxy) is 1. The van der Waals surface area contributed by atoms with E-state index in [-0.39, 0.29) is 31.0 Å². The van der Waals surface area contributed by atoms with Gasteiger partial charge in [-0.05, 0) is 52.6 Å². The molecule has 5 nitrogen and oxygen atoms in total. The average molecular weight is 319 g/mol. The summed E-state index contributed by atoms with van der Waals surface area (Å²) < 4.78 is 17.2. The van der Waals surface area contributed by atoms with Crippen LogP contribution in [0.2, 0.25) is 0 Å². The lowest BCUT2D eigenvalue weighted by Gasteiger charge is -2.32. The minimum Gasteiger partial charge on any atom is -0.445 e. The van der Waals surface area contributed by atoms with Crippen molar-refractivity contribution in [3.8, 4) is 0 Å². The predicted molar refractivity (Wildman–Crippen MR) is 90.6 cm³/mol. The van der Waals surface area contributed by atoms with Crippen molar-refractivity contribution in [1.29, 1.82) is 0 Å². The molecule has 23 heavy (non-hydrogen) atoms. The normalized spacial score (nSPS) is 19.0. The molecule has 0 unspecified atom stereocenters. The Bertz CT molecular complexity index is 538. The first-order valence-corrected chi connectivity index (χ1v) is 7.98. The molecule has 6 heteroatoms. The van der Waals surface area contributed by atoms with Crippen LogP contribution in [-0.4, -0.2) is 30.5 Å². The highest BCUT2D eigenvalue weighted by Gasteiger charge is 2.51. The van der Waals surface area contributed by atoms with Crippen LogP contribution in [0.15, 0.2) is 24.3 Å². The second kappa shape index (κ2) is 6.53. The standard InChI is InChI=1S/C17H26BNO4/c1-12(2)19-15(20)21-11-13-7-9-14(10-8-13)18-22-16(3,4)17(5,6)23-18/h7-10,12H,11H2,1-6H3,(H,19,20). The monoisotopic (exact) mass is 319 g/mol. The van der Waals surface area contributed by atoms with Crippen LogP contribution in [0.25, 0.3) is 0 Å². The molecule has 1 saturated heterocycles. The van der Waals surface area contributed by atoms with E-state index in [0.29, 0.717) is 0 Å². The first kappa shape index (κ1) is 17.8. The summed E-state index contributed by atoms with van der Waals surface area (Å²) in [5.41, 5.74) is 1.17. The van der Waals surface area contributed by atoms with Gasteiger partial charge in [-0.2, -0.15) is 0 Å². The van der Waals surface area contributed by atoms with E-state index in [4.69, 9.17) is 14.0 Å². The minimum absolute atomic E-state index is 0.0632. The quantitative estimate of drug-likeness (QED) is 0.867. The fraction of sp³-hybridized carbons (Fsp3) is 0.588. The van der Waals surface area contributed by atoms with Crippen molar-refractivity contribution < 1.29 is 18.8 Å². The third-order valence-corrected chi connectivity index (χ3v) is 4.28. The van der Waals surface area contributed by atoms with Gasteiger partial charge in [0.1, 0.15) is 6.61 Å². The van der Waals surface area contributed by atoms with E-state index in [0.717, 1.165) is 11.0 Å². The molecule has 0 aromatic heterocycles. The van der Waals surface area contributed by atoms with Crippen LogP contribution >= 0.6 is 0 Å². The van der Waals surface area contributed by atoms with Gasteiger partial charge in [-0.3, -0.25) is 0 Å². The van der Waals surface area contributed by atoms with E-state index >= 15 is 0 Å². The third-order valence-electron chi connectivity index (χ3n) is 4.28. The highest BCUT2D eigenvalue weighted by molar-refractivity contribution is 6.62. The van der Waals surface area contributed by atoms with Gasteiger partial charge in [0.2, 0.25) is 0 Å². The van der Waals surface area contributed by atoms with Gasteiger partial charge in [0.15, 0.2) is 0 Å². The fourth-order valence-electron chi connectivity index (χ4n) is 2.18. The zero-order valence-electron chi connectivity index (χ0n) is 14.8. The summed E-state index contributed by atoms with van der Waals surface area (Å²) in [6, 6.07) is 7.79. The van der Waals surface area contributed by atoms with Crippen molar-refractivity contribution in [3.63, 3.8) is 0 Å². The second-order valence-corrected chi connectivity index (χ2v) is 7.21. The molecule has 126 valence electrons. The predicted octanol–water partition coefficient (Wildman–Crippen LogP) is 2.62. The van der Waals surface area contributed by atoms with Gasteiger partial charge >= 0.3 is 13.2 Å². The van der Waals surface area contributed by atoms with Crippen LogP contribution in [0.5, 0.6) is 0 Å². The van der Waals surface area contributed by atoms with Gasteiger partial charge in [-0.15, -0.1) is 0 Å². The average Bonchev–Trinajstić information content (AvgIpc) is 2.65. The molecule has 1 amide bonds. The molecule has 0 spiro atoms. The summed E-state index contributed by atoms with van der Waals surface area (Å²) in [6.45, 7) is 12.1. The van der Waals surface area contributed by atoms with Crippen molar-refractivity contribution in [1.82, 2.24) is 5.32 Å². The van der Waals surface area contributed by atoms with Gasteiger partial charge in [-0.25, -0.2) is 4.79 Å². The number of benzene rings is 1. The lowest BCUT2D eigenvalue weighted by molar-refractivity contribution is 0.00578. The molecule has 1 aliphatic rings. The van der Waals surface area contributed by atoms with Gasteiger partial charge < -0.3 is 19.4 Å². The highest BCUT2D eigenvalue weighted by Crippen LogP contribution is 2.36. The third kappa shape index (κ3) is 4.27. The maximum atomic E-state index is 11.5. The van der Waals surface area contributed by atoms with Crippen LogP contribution in [-0.2, 0) is 20.7 Å². The molecular weight excluding hydrogens is 293 g/mol. The minimum atomic E-state index is -0.407. The van der Waals surface area contributed by atoms with Crippen LogP contribution < -0.4 is 10.8 Å². The summed E-state index contributed by atoms with van der Waals surface area (Å²) in [4.78, 5) is 11.5. The first-order chi connectivity index (χ1) is 10.6. The SMILES string of the molecule is CC(C)NC(=O)OCc1ccc(B2OC(C)(C)C(C)(C)O2)cc1. The molecule has 0 bridgehead atoms. The molecular formula is C17H26BNO4. The largest absolute Gasteiger partial charge is 0.494 e.